The standard InChI is InChI=1S/C22H22BrN5O2/c1-12-25-18-10-14(9-17(23)21(18)26-12)27-22-24-11-13-3-2-4-19(20(13)28-22)30-16-7-5-15(29)6-8-16/h2-4,9-11,15-16,29H,5-8H2,1H3,(H,25,26)(H,24,27,28). The summed E-state index contributed by atoms with van der Waals surface area (Å²) in [5.74, 6) is 2.11. The van der Waals surface area contributed by atoms with Crippen LogP contribution in [0.2, 0.25) is 0 Å². The summed E-state index contributed by atoms with van der Waals surface area (Å²) in [7, 11) is 0. The zero-order valence-electron chi connectivity index (χ0n) is 16.5. The number of aliphatic hydroxyl groups excluding tert-OH is 1. The van der Waals surface area contributed by atoms with Crippen molar-refractivity contribution in [2.75, 3.05) is 5.32 Å². The summed E-state index contributed by atoms with van der Waals surface area (Å²) in [5, 5.41) is 13.9. The van der Waals surface area contributed by atoms with Crippen molar-refractivity contribution >= 4 is 49.5 Å². The highest BCUT2D eigenvalue weighted by Crippen LogP contribution is 2.31. The van der Waals surface area contributed by atoms with Gasteiger partial charge >= 0.3 is 0 Å². The fourth-order valence-corrected chi connectivity index (χ4v) is 4.48. The van der Waals surface area contributed by atoms with E-state index in [1.807, 2.05) is 37.3 Å². The van der Waals surface area contributed by atoms with E-state index in [1.165, 1.54) is 0 Å². The Morgan fingerprint density at radius 2 is 1.97 bits per heavy atom. The van der Waals surface area contributed by atoms with Gasteiger partial charge in [-0.05, 0) is 66.7 Å². The fraction of sp³-hybridized carbons (Fsp3) is 0.318. The minimum Gasteiger partial charge on any atom is -0.488 e. The molecule has 0 bridgehead atoms. The third kappa shape index (κ3) is 3.85. The van der Waals surface area contributed by atoms with Crippen LogP contribution in [0.4, 0.5) is 11.6 Å². The van der Waals surface area contributed by atoms with E-state index in [0.29, 0.717) is 5.95 Å². The molecular formula is C22H22BrN5O2. The van der Waals surface area contributed by atoms with Gasteiger partial charge in [0.1, 0.15) is 22.6 Å². The molecule has 2 aromatic heterocycles. The van der Waals surface area contributed by atoms with Crippen LogP contribution in [0.1, 0.15) is 31.5 Å². The Labute approximate surface area is 182 Å². The average molecular weight is 468 g/mol. The van der Waals surface area contributed by atoms with E-state index in [4.69, 9.17) is 9.72 Å². The Bertz CT molecular complexity index is 1220. The monoisotopic (exact) mass is 467 g/mol. The molecule has 0 spiro atoms. The van der Waals surface area contributed by atoms with Crippen LogP contribution in [0.3, 0.4) is 0 Å². The fourth-order valence-electron chi connectivity index (χ4n) is 3.93. The van der Waals surface area contributed by atoms with Crippen LogP contribution in [0.5, 0.6) is 5.75 Å². The van der Waals surface area contributed by atoms with Crippen LogP contribution in [-0.2, 0) is 0 Å². The lowest BCUT2D eigenvalue weighted by atomic mass is 9.95. The Morgan fingerprint density at radius 1 is 1.13 bits per heavy atom. The number of benzene rings is 2. The molecule has 1 saturated carbocycles. The smallest absolute Gasteiger partial charge is 0.227 e. The lowest BCUT2D eigenvalue weighted by Crippen LogP contribution is -2.26. The molecule has 3 N–H and O–H groups in total. The zero-order valence-corrected chi connectivity index (χ0v) is 18.1. The number of aryl methyl sites for hydroxylation is 1. The largest absolute Gasteiger partial charge is 0.488 e. The van der Waals surface area contributed by atoms with Gasteiger partial charge in [-0.3, -0.25) is 0 Å². The second-order valence-corrected chi connectivity index (χ2v) is 8.59. The van der Waals surface area contributed by atoms with Gasteiger partial charge in [0.25, 0.3) is 0 Å². The van der Waals surface area contributed by atoms with Gasteiger partial charge in [0, 0.05) is 21.7 Å². The van der Waals surface area contributed by atoms with Crippen molar-refractivity contribution < 1.29 is 9.84 Å². The summed E-state index contributed by atoms with van der Waals surface area (Å²) >= 11 is 3.58. The number of imidazole rings is 1. The lowest BCUT2D eigenvalue weighted by Gasteiger charge is -2.26. The molecule has 0 saturated heterocycles. The van der Waals surface area contributed by atoms with Crippen molar-refractivity contribution in [3.8, 4) is 5.75 Å². The number of hydrogen-bond acceptors (Lipinski definition) is 6. The summed E-state index contributed by atoms with van der Waals surface area (Å²) in [6.45, 7) is 1.93. The highest BCUT2D eigenvalue weighted by atomic mass is 79.9. The number of fused-ring (bicyclic) bond motifs is 2. The molecule has 0 radical (unpaired) electrons. The SMILES string of the molecule is Cc1nc2c(Br)cc(Nc3ncc4cccc(OC5CCC(O)CC5)c4n3)cc2[nH]1. The molecule has 0 amide bonds. The molecule has 1 fully saturated rings. The molecular weight excluding hydrogens is 446 g/mol. The number of aromatic amines is 1. The van der Waals surface area contributed by atoms with Gasteiger partial charge in [-0.1, -0.05) is 12.1 Å². The first kappa shape index (κ1) is 19.3. The summed E-state index contributed by atoms with van der Waals surface area (Å²) in [6.07, 6.45) is 4.97. The maximum atomic E-state index is 9.73. The minimum absolute atomic E-state index is 0.104. The molecule has 4 aromatic rings. The van der Waals surface area contributed by atoms with Crippen molar-refractivity contribution in [2.45, 2.75) is 44.8 Å². The van der Waals surface area contributed by atoms with Gasteiger partial charge in [0.05, 0.1) is 17.7 Å². The van der Waals surface area contributed by atoms with Crippen LogP contribution >= 0.6 is 15.9 Å². The van der Waals surface area contributed by atoms with Gasteiger partial charge < -0.3 is 20.1 Å². The van der Waals surface area contributed by atoms with Crippen molar-refractivity contribution in [3.63, 3.8) is 0 Å². The van der Waals surface area contributed by atoms with Crippen LogP contribution in [-0.4, -0.2) is 37.3 Å². The molecule has 1 aliphatic rings. The number of ether oxygens (including phenoxy) is 1. The van der Waals surface area contributed by atoms with Crippen molar-refractivity contribution in [2.24, 2.45) is 0 Å². The summed E-state index contributed by atoms with van der Waals surface area (Å²) in [6, 6.07) is 9.83. The number of hydrogen-bond donors (Lipinski definition) is 3. The topological polar surface area (TPSA) is 96.0 Å². The Morgan fingerprint density at radius 3 is 2.80 bits per heavy atom. The maximum Gasteiger partial charge on any atom is 0.227 e. The molecule has 2 heterocycles. The first-order valence-electron chi connectivity index (χ1n) is 10.1. The van der Waals surface area contributed by atoms with Gasteiger partial charge in [0.15, 0.2) is 0 Å². The van der Waals surface area contributed by atoms with E-state index in [9.17, 15) is 5.11 Å². The Hall–Kier alpha value is -2.71. The van der Waals surface area contributed by atoms with Crippen LogP contribution < -0.4 is 10.1 Å². The molecule has 1 aliphatic carbocycles. The van der Waals surface area contributed by atoms with Crippen molar-refractivity contribution in [3.05, 3.63) is 46.8 Å². The molecule has 30 heavy (non-hydrogen) atoms. The second kappa shape index (κ2) is 7.85. The highest BCUT2D eigenvalue weighted by molar-refractivity contribution is 9.10. The van der Waals surface area contributed by atoms with Crippen LogP contribution in [0.15, 0.2) is 41.0 Å². The van der Waals surface area contributed by atoms with Gasteiger partial charge in [-0.25, -0.2) is 15.0 Å². The first-order chi connectivity index (χ1) is 14.5. The number of rotatable bonds is 4. The lowest BCUT2D eigenvalue weighted by molar-refractivity contribution is 0.0672. The third-order valence-corrected chi connectivity index (χ3v) is 6.03. The van der Waals surface area contributed by atoms with Crippen LogP contribution in [0, 0.1) is 6.92 Å². The van der Waals surface area contributed by atoms with E-state index in [0.717, 1.165) is 69.4 Å². The Kier molecular flexibility index (Phi) is 5.04. The van der Waals surface area contributed by atoms with Crippen LogP contribution in [0.25, 0.3) is 21.9 Å². The Balaban J connectivity index is 1.44. The summed E-state index contributed by atoms with van der Waals surface area (Å²) in [4.78, 5) is 16.9. The molecule has 7 nitrogen and oxygen atoms in total. The van der Waals surface area contributed by atoms with Crippen molar-refractivity contribution in [1.29, 1.82) is 0 Å². The van der Waals surface area contributed by atoms with Crippen molar-refractivity contribution in [1.82, 2.24) is 19.9 Å². The summed E-state index contributed by atoms with van der Waals surface area (Å²) < 4.78 is 7.15. The quantitative estimate of drug-likeness (QED) is 0.390. The van der Waals surface area contributed by atoms with E-state index in [1.54, 1.807) is 6.20 Å². The zero-order chi connectivity index (χ0) is 20.7. The number of nitrogens with zero attached hydrogens (tertiary/aromatic N) is 3. The van der Waals surface area contributed by atoms with E-state index < -0.39 is 0 Å². The first-order valence-corrected chi connectivity index (χ1v) is 10.9. The average Bonchev–Trinajstić information content (AvgIpc) is 3.11. The number of para-hydroxylation sites is 1. The summed E-state index contributed by atoms with van der Waals surface area (Å²) in [5.41, 5.74) is 3.47. The number of H-pyrrole nitrogens is 1. The number of halogens is 1. The van der Waals surface area contributed by atoms with E-state index >= 15 is 0 Å². The maximum absolute atomic E-state index is 9.73. The second-order valence-electron chi connectivity index (χ2n) is 7.74. The number of nitrogens with one attached hydrogen (secondary N) is 2. The minimum atomic E-state index is -0.203. The number of aromatic nitrogens is 4. The molecule has 0 atom stereocenters. The number of anilines is 2. The molecule has 0 aliphatic heterocycles. The van der Waals surface area contributed by atoms with Gasteiger partial charge in [-0.15, -0.1) is 0 Å². The molecule has 5 rings (SSSR count). The van der Waals surface area contributed by atoms with Gasteiger partial charge in [0.2, 0.25) is 5.95 Å². The highest BCUT2D eigenvalue weighted by Gasteiger charge is 2.21. The van der Waals surface area contributed by atoms with Gasteiger partial charge in [-0.2, -0.15) is 0 Å². The van der Waals surface area contributed by atoms with E-state index in [2.05, 4.69) is 36.2 Å². The normalized spacial score (nSPS) is 19.3. The van der Waals surface area contributed by atoms with E-state index in [-0.39, 0.29) is 12.2 Å². The predicted octanol–water partition coefficient (Wildman–Crippen LogP) is 5.00. The molecule has 8 heteroatoms. The molecule has 0 unspecified atom stereocenters. The molecule has 2 aromatic carbocycles. The predicted molar refractivity (Wildman–Crippen MR) is 120 cm³/mol. The number of aliphatic hydroxyl groups is 1. The molecule has 154 valence electrons. The third-order valence-electron chi connectivity index (χ3n) is 5.43.